The zero-order valence-corrected chi connectivity index (χ0v) is 16.1. The van der Waals surface area contributed by atoms with Crippen molar-refractivity contribution in [3.05, 3.63) is 46.1 Å². The Labute approximate surface area is 161 Å². The number of halogens is 1. The van der Waals surface area contributed by atoms with Crippen LogP contribution in [0.3, 0.4) is 0 Å². The fraction of sp³-hybridized carbons (Fsp3) is 0.381. The van der Waals surface area contributed by atoms with Crippen LogP contribution in [-0.2, 0) is 6.54 Å². The van der Waals surface area contributed by atoms with Crippen molar-refractivity contribution in [1.29, 1.82) is 0 Å². The van der Waals surface area contributed by atoms with E-state index in [2.05, 4.69) is 18.8 Å². The number of hydrogen-bond acceptors (Lipinski definition) is 4. The molecule has 0 radical (unpaired) electrons. The van der Waals surface area contributed by atoms with Gasteiger partial charge in [0, 0.05) is 31.2 Å². The Morgan fingerprint density at radius 3 is 2.71 bits per heavy atom. The number of aromatic carboxylic acids is 1. The molecule has 0 unspecified atom stereocenters. The van der Waals surface area contributed by atoms with Crippen molar-refractivity contribution in [3.8, 4) is 0 Å². The van der Waals surface area contributed by atoms with Gasteiger partial charge in [-0.2, -0.15) is 0 Å². The normalized spacial score (nSPS) is 16.2. The Bertz CT molecular complexity index is 1180. The molecule has 1 aliphatic heterocycles. The number of fused-ring (bicyclic) bond motifs is 3. The van der Waals surface area contributed by atoms with Crippen LogP contribution in [0.4, 0.5) is 10.1 Å². The number of aromatic nitrogens is 2. The van der Waals surface area contributed by atoms with Crippen LogP contribution < -0.4 is 10.3 Å². The number of hydrogen-bond donors (Lipinski definition) is 1. The first kappa shape index (κ1) is 18.4. The van der Waals surface area contributed by atoms with Crippen molar-refractivity contribution >= 4 is 33.5 Å². The topological polar surface area (TPSA) is 75.4 Å². The van der Waals surface area contributed by atoms with E-state index in [4.69, 9.17) is 0 Å². The summed E-state index contributed by atoms with van der Waals surface area (Å²) in [4.78, 5) is 31.0. The highest BCUT2D eigenvalue weighted by molar-refractivity contribution is 6.09. The third-order valence-corrected chi connectivity index (χ3v) is 5.57. The fourth-order valence-electron chi connectivity index (χ4n) is 4.11. The third-order valence-electron chi connectivity index (χ3n) is 5.57. The lowest BCUT2D eigenvalue weighted by Crippen LogP contribution is -2.24. The van der Waals surface area contributed by atoms with E-state index in [9.17, 15) is 19.1 Å². The molecule has 0 amide bonds. The first-order valence-corrected chi connectivity index (χ1v) is 9.36. The summed E-state index contributed by atoms with van der Waals surface area (Å²) >= 11 is 0. The molecule has 0 bridgehead atoms. The summed E-state index contributed by atoms with van der Waals surface area (Å²) < 4.78 is 16.5. The number of nitrogens with zero attached hydrogens (tertiary/aromatic N) is 3. The molecule has 7 heteroatoms. The van der Waals surface area contributed by atoms with E-state index in [0.29, 0.717) is 41.7 Å². The van der Waals surface area contributed by atoms with Gasteiger partial charge < -0.3 is 14.6 Å². The first-order valence-electron chi connectivity index (χ1n) is 9.36. The molecule has 0 saturated carbocycles. The maximum absolute atomic E-state index is 14.8. The highest BCUT2D eigenvalue weighted by Gasteiger charge is 2.32. The van der Waals surface area contributed by atoms with Crippen LogP contribution >= 0.6 is 0 Å². The quantitative estimate of drug-likeness (QED) is 0.699. The molecule has 1 aliphatic rings. The Morgan fingerprint density at radius 2 is 2.11 bits per heavy atom. The van der Waals surface area contributed by atoms with E-state index in [-0.39, 0.29) is 22.2 Å². The van der Waals surface area contributed by atoms with Crippen molar-refractivity contribution in [2.24, 2.45) is 5.41 Å². The number of rotatable bonds is 3. The summed E-state index contributed by atoms with van der Waals surface area (Å²) in [6.07, 6.45) is 3.81. The zero-order valence-electron chi connectivity index (χ0n) is 16.1. The van der Waals surface area contributed by atoms with Gasteiger partial charge in [0.15, 0.2) is 0 Å². The predicted octanol–water partition coefficient (Wildman–Crippen LogP) is 3.64. The monoisotopic (exact) mass is 383 g/mol. The van der Waals surface area contributed by atoms with Gasteiger partial charge in [0.1, 0.15) is 11.4 Å². The average Bonchev–Trinajstić information content (AvgIpc) is 3.00. The third kappa shape index (κ3) is 2.73. The second kappa shape index (κ2) is 6.29. The van der Waals surface area contributed by atoms with Crippen LogP contribution in [0.5, 0.6) is 0 Å². The smallest absolute Gasteiger partial charge is 0.341 e. The van der Waals surface area contributed by atoms with Crippen LogP contribution in [-0.4, -0.2) is 33.7 Å². The Kier molecular flexibility index (Phi) is 4.14. The molecule has 0 spiro atoms. The van der Waals surface area contributed by atoms with Crippen molar-refractivity contribution < 1.29 is 14.3 Å². The van der Waals surface area contributed by atoms with Crippen LogP contribution in [0.25, 0.3) is 21.8 Å². The Morgan fingerprint density at radius 1 is 1.36 bits per heavy atom. The average molecular weight is 383 g/mol. The second-order valence-electron chi connectivity index (χ2n) is 8.11. The molecule has 3 aromatic rings. The Hall–Kier alpha value is -2.96. The number of carboxylic acids is 1. The maximum Gasteiger partial charge on any atom is 0.341 e. The minimum Gasteiger partial charge on any atom is -0.477 e. The van der Waals surface area contributed by atoms with Crippen molar-refractivity contribution in [3.63, 3.8) is 0 Å². The van der Waals surface area contributed by atoms with E-state index in [1.165, 1.54) is 18.3 Å². The van der Waals surface area contributed by atoms with Gasteiger partial charge in [-0.15, -0.1) is 0 Å². The summed E-state index contributed by atoms with van der Waals surface area (Å²) in [7, 11) is 0. The number of aryl methyl sites for hydroxylation is 1. The van der Waals surface area contributed by atoms with Crippen LogP contribution in [0.2, 0.25) is 0 Å². The van der Waals surface area contributed by atoms with E-state index in [1.807, 2.05) is 11.8 Å². The van der Waals surface area contributed by atoms with Gasteiger partial charge in [-0.1, -0.05) is 13.8 Å². The van der Waals surface area contributed by atoms with Gasteiger partial charge in [0.2, 0.25) is 5.43 Å². The minimum atomic E-state index is -1.28. The lowest BCUT2D eigenvalue weighted by Gasteiger charge is -2.23. The summed E-state index contributed by atoms with van der Waals surface area (Å²) in [5.41, 5.74) is 0.524. The number of pyridine rings is 2. The number of carboxylic acid groups (broad SMARTS) is 1. The van der Waals surface area contributed by atoms with Gasteiger partial charge in [-0.05, 0) is 30.9 Å². The van der Waals surface area contributed by atoms with Gasteiger partial charge >= 0.3 is 5.97 Å². The minimum absolute atomic E-state index is 0.0663. The molecule has 0 atom stereocenters. The van der Waals surface area contributed by atoms with Gasteiger partial charge in [0.25, 0.3) is 0 Å². The molecule has 28 heavy (non-hydrogen) atoms. The molecule has 146 valence electrons. The molecule has 1 fully saturated rings. The first-order chi connectivity index (χ1) is 13.2. The standard InChI is InChI=1S/C21H22FN3O3/c1-4-24-10-13(20(27)28)19(26)16-12-5-6-14(22)18(17(12)23-9-15(16)24)25-8-7-21(2,3)11-25/h5-6,9-10H,4,7-8,11H2,1-3H3,(H,27,28). The molecule has 4 rings (SSSR count). The summed E-state index contributed by atoms with van der Waals surface area (Å²) in [5, 5.41) is 10.2. The van der Waals surface area contributed by atoms with Crippen molar-refractivity contribution in [1.82, 2.24) is 9.55 Å². The molecule has 6 nitrogen and oxygen atoms in total. The van der Waals surface area contributed by atoms with Crippen LogP contribution in [0.1, 0.15) is 37.6 Å². The lowest BCUT2D eigenvalue weighted by molar-refractivity contribution is 0.0695. The summed E-state index contributed by atoms with van der Waals surface area (Å²) in [5.74, 6) is -1.66. The Balaban J connectivity index is 2.09. The van der Waals surface area contributed by atoms with Gasteiger partial charge in [0.05, 0.1) is 28.3 Å². The lowest BCUT2D eigenvalue weighted by atomic mass is 9.93. The molecular formula is C21H22FN3O3. The summed E-state index contributed by atoms with van der Waals surface area (Å²) in [6.45, 7) is 8.02. The SMILES string of the molecule is CCn1cc(C(=O)O)c(=O)c2c3ccc(F)c(N4CCC(C)(C)C4)c3ncc21. The van der Waals surface area contributed by atoms with E-state index in [1.54, 1.807) is 10.8 Å². The van der Waals surface area contributed by atoms with E-state index in [0.717, 1.165) is 6.42 Å². The molecule has 2 aromatic heterocycles. The molecule has 0 aliphatic carbocycles. The predicted molar refractivity (Wildman–Crippen MR) is 107 cm³/mol. The fourth-order valence-corrected chi connectivity index (χ4v) is 4.11. The maximum atomic E-state index is 14.8. The van der Waals surface area contributed by atoms with Crippen molar-refractivity contribution in [2.45, 2.75) is 33.7 Å². The molecule has 3 heterocycles. The largest absolute Gasteiger partial charge is 0.477 e. The number of anilines is 1. The second-order valence-corrected chi connectivity index (χ2v) is 8.11. The number of carbonyl (C=O) groups is 1. The highest BCUT2D eigenvalue weighted by atomic mass is 19.1. The summed E-state index contributed by atoms with van der Waals surface area (Å²) in [6, 6.07) is 2.87. The molecular weight excluding hydrogens is 361 g/mol. The zero-order chi connectivity index (χ0) is 20.2. The number of benzene rings is 1. The molecule has 1 saturated heterocycles. The van der Waals surface area contributed by atoms with E-state index < -0.39 is 11.4 Å². The van der Waals surface area contributed by atoms with Crippen LogP contribution in [0.15, 0.2) is 29.3 Å². The molecule has 1 N–H and O–H groups in total. The van der Waals surface area contributed by atoms with Crippen LogP contribution in [0, 0.1) is 11.2 Å². The van der Waals surface area contributed by atoms with Crippen molar-refractivity contribution in [2.75, 3.05) is 18.0 Å². The highest BCUT2D eigenvalue weighted by Crippen LogP contribution is 2.38. The van der Waals surface area contributed by atoms with Gasteiger partial charge in [-0.3, -0.25) is 9.78 Å². The molecule has 1 aromatic carbocycles. The van der Waals surface area contributed by atoms with Gasteiger partial charge in [-0.25, -0.2) is 9.18 Å². The van der Waals surface area contributed by atoms with E-state index >= 15 is 0 Å².